The van der Waals surface area contributed by atoms with Crippen LogP contribution in [0.15, 0.2) is 30.6 Å². The smallest absolute Gasteiger partial charge is 0.277 e. The molecule has 1 N–H and O–H groups in total. The van der Waals surface area contributed by atoms with Gasteiger partial charge in [-0.25, -0.2) is 9.97 Å². The van der Waals surface area contributed by atoms with Gasteiger partial charge >= 0.3 is 0 Å². The van der Waals surface area contributed by atoms with E-state index >= 15 is 0 Å². The van der Waals surface area contributed by atoms with Gasteiger partial charge in [0.15, 0.2) is 0 Å². The Morgan fingerprint density at radius 3 is 2.11 bits per heavy atom. The van der Waals surface area contributed by atoms with Crippen LogP contribution in [0.3, 0.4) is 0 Å². The van der Waals surface area contributed by atoms with Gasteiger partial charge in [0.25, 0.3) is 17.3 Å². The molecule has 1 amide bonds. The van der Waals surface area contributed by atoms with Gasteiger partial charge in [-0.3, -0.25) is 25.0 Å². The number of nitro benzene ring substituents is 2. The molecular weight excluding hydrogens is 368 g/mol. The molecule has 0 spiro atoms. The molecule has 0 aliphatic carbocycles. The molecule has 28 heavy (non-hydrogen) atoms. The Bertz CT molecular complexity index is 877. The number of nitrogens with one attached hydrogen (secondary N) is 1. The number of benzene rings is 1. The number of aromatic nitrogens is 2. The first-order chi connectivity index (χ1) is 13.3. The Labute approximate surface area is 159 Å². The first kappa shape index (κ1) is 19.1. The minimum absolute atomic E-state index is 0.199. The summed E-state index contributed by atoms with van der Waals surface area (Å²) >= 11 is 0. The van der Waals surface area contributed by atoms with Crippen LogP contribution >= 0.6 is 0 Å². The summed E-state index contributed by atoms with van der Waals surface area (Å²) in [5.74, 6) is 0.514. The van der Waals surface area contributed by atoms with E-state index in [1.165, 1.54) is 12.4 Å². The fraction of sp³-hybridized carbons (Fsp3) is 0.353. The van der Waals surface area contributed by atoms with Gasteiger partial charge in [-0.15, -0.1) is 0 Å². The summed E-state index contributed by atoms with van der Waals surface area (Å²) in [6, 6.07) is 2.76. The van der Waals surface area contributed by atoms with Crippen LogP contribution in [0.1, 0.15) is 30.1 Å². The predicted octanol–water partition coefficient (Wildman–Crippen LogP) is 2.78. The van der Waals surface area contributed by atoms with Crippen molar-refractivity contribution in [3.63, 3.8) is 0 Å². The summed E-state index contributed by atoms with van der Waals surface area (Å²) < 4.78 is 0. The fourth-order valence-corrected chi connectivity index (χ4v) is 2.90. The zero-order chi connectivity index (χ0) is 20.3. The van der Waals surface area contributed by atoms with Crippen molar-refractivity contribution < 1.29 is 14.6 Å². The number of non-ortho nitro benzene ring substituents is 2. The summed E-state index contributed by atoms with van der Waals surface area (Å²) in [6.07, 6.45) is 4.99. The Hall–Kier alpha value is -3.63. The van der Waals surface area contributed by atoms with Crippen LogP contribution in [0, 0.1) is 26.1 Å². The highest BCUT2D eigenvalue weighted by Crippen LogP contribution is 2.24. The largest absolute Gasteiger partial charge is 0.341 e. The molecule has 0 unspecified atom stereocenters. The minimum Gasteiger partial charge on any atom is -0.341 e. The molecule has 0 bridgehead atoms. The lowest BCUT2D eigenvalue weighted by Gasteiger charge is -2.30. The molecule has 0 radical (unpaired) electrons. The molecule has 1 aromatic carbocycles. The van der Waals surface area contributed by atoms with Gasteiger partial charge in [0.2, 0.25) is 5.95 Å². The molecule has 0 atom stereocenters. The minimum atomic E-state index is -0.791. The van der Waals surface area contributed by atoms with Crippen LogP contribution in [0.25, 0.3) is 0 Å². The number of nitro groups is 2. The predicted molar refractivity (Wildman–Crippen MR) is 100 cm³/mol. The summed E-state index contributed by atoms with van der Waals surface area (Å²) in [6.45, 7) is 3.93. The normalized spacial score (nSPS) is 14.5. The number of rotatable bonds is 5. The number of piperidine rings is 1. The standard InChI is InChI=1S/C17H18N6O5/c1-11-2-4-21(5-3-11)17-18-9-13(10-19-17)20-16(24)12-6-14(22(25)26)8-15(7-12)23(27)28/h6-11H,2-5H2,1H3,(H,20,24). The van der Waals surface area contributed by atoms with E-state index in [0.29, 0.717) is 11.9 Å². The molecule has 11 heteroatoms. The number of carbonyl (C=O) groups is 1. The molecule has 0 saturated carbocycles. The summed E-state index contributed by atoms with van der Waals surface area (Å²) in [7, 11) is 0. The average Bonchev–Trinajstić information content (AvgIpc) is 2.68. The Kier molecular flexibility index (Phi) is 5.43. The summed E-state index contributed by atoms with van der Waals surface area (Å²) in [4.78, 5) is 43.2. The average molecular weight is 386 g/mol. The van der Waals surface area contributed by atoms with Gasteiger partial charge in [0, 0.05) is 25.2 Å². The third kappa shape index (κ3) is 4.37. The zero-order valence-electron chi connectivity index (χ0n) is 15.1. The molecule has 11 nitrogen and oxygen atoms in total. The van der Waals surface area contributed by atoms with E-state index in [9.17, 15) is 25.0 Å². The van der Waals surface area contributed by atoms with Gasteiger partial charge in [-0.2, -0.15) is 0 Å². The van der Waals surface area contributed by atoms with Crippen LogP contribution in [0.2, 0.25) is 0 Å². The first-order valence-electron chi connectivity index (χ1n) is 8.65. The van der Waals surface area contributed by atoms with Gasteiger partial charge < -0.3 is 10.2 Å². The molecular formula is C17H18N6O5. The van der Waals surface area contributed by atoms with E-state index in [-0.39, 0.29) is 11.3 Å². The van der Waals surface area contributed by atoms with E-state index in [1.807, 2.05) is 0 Å². The maximum absolute atomic E-state index is 12.4. The number of hydrogen-bond acceptors (Lipinski definition) is 8. The molecule has 1 aromatic heterocycles. The van der Waals surface area contributed by atoms with E-state index in [2.05, 4.69) is 27.1 Å². The van der Waals surface area contributed by atoms with E-state index in [4.69, 9.17) is 0 Å². The second kappa shape index (κ2) is 7.94. The Morgan fingerprint density at radius 1 is 1.07 bits per heavy atom. The number of amides is 1. The van der Waals surface area contributed by atoms with Gasteiger partial charge in [0.1, 0.15) is 0 Å². The van der Waals surface area contributed by atoms with Crippen LogP contribution in [0.4, 0.5) is 23.0 Å². The maximum Gasteiger partial charge on any atom is 0.277 e. The monoisotopic (exact) mass is 386 g/mol. The summed E-state index contributed by atoms with van der Waals surface area (Å²) in [5, 5.41) is 24.4. The van der Waals surface area contributed by atoms with E-state index in [0.717, 1.165) is 44.1 Å². The highest BCUT2D eigenvalue weighted by Gasteiger charge is 2.21. The van der Waals surface area contributed by atoms with Gasteiger partial charge in [-0.1, -0.05) is 6.92 Å². The number of carbonyl (C=O) groups excluding carboxylic acids is 1. The first-order valence-corrected chi connectivity index (χ1v) is 8.65. The Morgan fingerprint density at radius 2 is 1.61 bits per heavy atom. The highest BCUT2D eigenvalue weighted by molar-refractivity contribution is 6.05. The zero-order valence-corrected chi connectivity index (χ0v) is 15.1. The van der Waals surface area contributed by atoms with Crippen LogP contribution in [0.5, 0.6) is 0 Å². The van der Waals surface area contributed by atoms with Crippen molar-refractivity contribution in [2.75, 3.05) is 23.3 Å². The maximum atomic E-state index is 12.4. The number of hydrogen-bond donors (Lipinski definition) is 1. The lowest BCUT2D eigenvalue weighted by molar-refractivity contribution is -0.394. The summed E-state index contributed by atoms with van der Waals surface area (Å²) in [5.41, 5.74) is -0.987. The van der Waals surface area contributed by atoms with E-state index in [1.54, 1.807) is 0 Å². The fourth-order valence-electron chi connectivity index (χ4n) is 2.90. The topological polar surface area (TPSA) is 144 Å². The highest BCUT2D eigenvalue weighted by atomic mass is 16.6. The lowest BCUT2D eigenvalue weighted by atomic mass is 10.00. The third-order valence-corrected chi connectivity index (χ3v) is 4.55. The molecule has 146 valence electrons. The second-order valence-corrected chi connectivity index (χ2v) is 6.65. The van der Waals surface area contributed by atoms with Gasteiger partial charge in [-0.05, 0) is 18.8 Å². The van der Waals surface area contributed by atoms with Crippen molar-refractivity contribution in [1.29, 1.82) is 0 Å². The number of anilines is 2. The molecule has 1 fully saturated rings. The molecule has 1 aliphatic heterocycles. The Balaban J connectivity index is 1.74. The SMILES string of the molecule is CC1CCN(c2ncc(NC(=O)c3cc([N+](=O)[O-])cc([N+](=O)[O-])c3)cn2)CC1. The van der Waals surface area contributed by atoms with Crippen molar-refractivity contribution in [1.82, 2.24) is 9.97 Å². The third-order valence-electron chi connectivity index (χ3n) is 4.55. The number of nitrogens with zero attached hydrogens (tertiary/aromatic N) is 5. The lowest BCUT2D eigenvalue weighted by Crippen LogP contribution is -2.34. The van der Waals surface area contributed by atoms with Crippen molar-refractivity contribution in [3.8, 4) is 0 Å². The van der Waals surface area contributed by atoms with Crippen molar-refractivity contribution in [3.05, 3.63) is 56.4 Å². The molecule has 1 saturated heterocycles. The van der Waals surface area contributed by atoms with Crippen LogP contribution in [-0.4, -0.2) is 38.8 Å². The molecule has 1 aliphatic rings. The quantitative estimate of drug-likeness (QED) is 0.610. The van der Waals surface area contributed by atoms with Crippen LogP contribution < -0.4 is 10.2 Å². The van der Waals surface area contributed by atoms with Crippen molar-refractivity contribution >= 4 is 28.9 Å². The molecule has 3 rings (SSSR count). The molecule has 2 heterocycles. The van der Waals surface area contributed by atoms with E-state index < -0.39 is 27.1 Å². The van der Waals surface area contributed by atoms with Crippen LogP contribution in [-0.2, 0) is 0 Å². The molecule has 2 aromatic rings. The second-order valence-electron chi connectivity index (χ2n) is 6.65. The van der Waals surface area contributed by atoms with Crippen molar-refractivity contribution in [2.24, 2.45) is 5.92 Å². The van der Waals surface area contributed by atoms with Crippen molar-refractivity contribution in [2.45, 2.75) is 19.8 Å². The van der Waals surface area contributed by atoms with Gasteiger partial charge in [0.05, 0.1) is 39.6 Å².